The van der Waals surface area contributed by atoms with Gasteiger partial charge in [-0.25, -0.2) is 4.79 Å². The minimum Gasteiger partial charge on any atom is -0.487 e. The lowest BCUT2D eigenvalue weighted by atomic mass is 10.2. The molecule has 0 saturated carbocycles. The van der Waals surface area contributed by atoms with Gasteiger partial charge in [-0.3, -0.25) is 10.1 Å². The number of nitrogens with zero attached hydrogens (tertiary/aromatic N) is 1. The molecule has 0 N–H and O–H groups in total. The van der Waals surface area contributed by atoms with Crippen molar-refractivity contribution in [3.05, 3.63) is 33.9 Å². The largest absolute Gasteiger partial charge is 0.487 e. The van der Waals surface area contributed by atoms with Gasteiger partial charge in [-0.2, -0.15) is 0 Å². The standard InChI is InChI=1S/C12H15NO5/c1-3-4-7-18-11-6-5-9(12(14)17-2)8-10(11)13(15)16/h5-6,8H,3-4,7H2,1-2H3. The second-order valence-corrected chi connectivity index (χ2v) is 3.63. The molecule has 0 unspecified atom stereocenters. The van der Waals surface area contributed by atoms with Crippen molar-refractivity contribution in [3.63, 3.8) is 0 Å². The van der Waals surface area contributed by atoms with Crippen LogP contribution in [0.15, 0.2) is 18.2 Å². The monoisotopic (exact) mass is 253 g/mol. The van der Waals surface area contributed by atoms with Gasteiger partial charge in [0.15, 0.2) is 5.75 Å². The number of carbonyl (C=O) groups excluding carboxylic acids is 1. The zero-order valence-electron chi connectivity index (χ0n) is 10.3. The van der Waals surface area contributed by atoms with Gasteiger partial charge in [0.05, 0.1) is 24.2 Å². The molecule has 18 heavy (non-hydrogen) atoms. The summed E-state index contributed by atoms with van der Waals surface area (Å²) >= 11 is 0. The topological polar surface area (TPSA) is 78.7 Å². The molecule has 1 aromatic carbocycles. The Bertz CT molecular complexity index is 444. The third-order valence-electron chi connectivity index (χ3n) is 2.33. The summed E-state index contributed by atoms with van der Waals surface area (Å²) in [7, 11) is 1.22. The highest BCUT2D eigenvalue weighted by Gasteiger charge is 2.18. The molecule has 98 valence electrons. The van der Waals surface area contributed by atoms with Crippen LogP contribution >= 0.6 is 0 Å². The lowest BCUT2D eigenvalue weighted by molar-refractivity contribution is -0.385. The number of nitro benzene ring substituents is 1. The molecule has 0 bridgehead atoms. The van der Waals surface area contributed by atoms with Crippen LogP contribution in [0.4, 0.5) is 5.69 Å². The molecule has 0 radical (unpaired) electrons. The molecule has 0 spiro atoms. The predicted octanol–water partition coefficient (Wildman–Crippen LogP) is 2.56. The van der Waals surface area contributed by atoms with Crippen molar-refractivity contribution < 1.29 is 19.2 Å². The molecule has 6 heteroatoms. The van der Waals surface area contributed by atoms with Crippen LogP contribution in [0.2, 0.25) is 0 Å². The molecule has 0 aliphatic carbocycles. The van der Waals surface area contributed by atoms with E-state index < -0.39 is 10.9 Å². The molecule has 0 amide bonds. The van der Waals surface area contributed by atoms with Crippen LogP contribution < -0.4 is 4.74 Å². The van der Waals surface area contributed by atoms with E-state index in [-0.39, 0.29) is 17.0 Å². The van der Waals surface area contributed by atoms with Crippen molar-refractivity contribution in [1.82, 2.24) is 0 Å². The van der Waals surface area contributed by atoms with Crippen LogP contribution in [0.1, 0.15) is 30.1 Å². The number of esters is 1. The number of unbranched alkanes of at least 4 members (excludes halogenated alkanes) is 1. The predicted molar refractivity (Wildman–Crippen MR) is 64.8 cm³/mol. The number of carbonyl (C=O) groups is 1. The van der Waals surface area contributed by atoms with Gasteiger partial charge < -0.3 is 9.47 Å². The number of hydrogen-bond acceptors (Lipinski definition) is 5. The number of rotatable bonds is 6. The lowest BCUT2D eigenvalue weighted by Crippen LogP contribution is -2.04. The molecule has 1 aromatic rings. The zero-order chi connectivity index (χ0) is 13.5. The van der Waals surface area contributed by atoms with Gasteiger partial charge >= 0.3 is 11.7 Å². The van der Waals surface area contributed by atoms with Gasteiger partial charge in [0.25, 0.3) is 0 Å². The SMILES string of the molecule is CCCCOc1ccc(C(=O)OC)cc1[N+](=O)[O-]. The molecule has 0 fully saturated rings. The minimum absolute atomic E-state index is 0.132. The summed E-state index contributed by atoms with van der Waals surface area (Å²) in [6.07, 6.45) is 1.75. The van der Waals surface area contributed by atoms with Crippen LogP contribution in [0.25, 0.3) is 0 Å². The van der Waals surface area contributed by atoms with E-state index in [0.29, 0.717) is 6.61 Å². The Morgan fingerprint density at radius 1 is 1.44 bits per heavy atom. The highest BCUT2D eigenvalue weighted by atomic mass is 16.6. The van der Waals surface area contributed by atoms with Crippen LogP contribution in [0, 0.1) is 10.1 Å². The van der Waals surface area contributed by atoms with Gasteiger partial charge in [-0.05, 0) is 18.6 Å². The summed E-state index contributed by atoms with van der Waals surface area (Å²) in [5.41, 5.74) is -0.0963. The van der Waals surface area contributed by atoms with Gasteiger partial charge in [-0.1, -0.05) is 13.3 Å². The van der Waals surface area contributed by atoms with E-state index in [1.807, 2.05) is 6.92 Å². The average Bonchev–Trinajstić information content (AvgIpc) is 2.38. The maximum Gasteiger partial charge on any atom is 0.338 e. The number of benzene rings is 1. The van der Waals surface area contributed by atoms with E-state index in [1.54, 1.807) is 0 Å². The first kappa shape index (κ1) is 14.0. The number of hydrogen-bond donors (Lipinski definition) is 0. The van der Waals surface area contributed by atoms with Gasteiger partial charge in [0.1, 0.15) is 0 Å². The van der Waals surface area contributed by atoms with Crippen molar-refractivity contribution in [3.8, 4) is 5.75 Å². The van der Waals surface area contributed by atoms with E-state index in [1.165, 1.54) is 19.2 Å². The summed E-state index contributed by atoms with van der Waals surface area (Å²) in [5, 5.41) is 10.9. The molecular weight excluding hydrogens is 238 g/mol. The van der Waals surface area contributed by atoms with Crippen molar-refractivity contribution in [2.45, 2.75) is 19.8 Å². The van der Waals surface area contributed by atoms with Crippen molar-refractivity contribution in [2.75, 3.05) is 13.7 Å². The highest BCUT2D eigenvalue weighted by molar-refractivity contribution is 5.90. The Morgan fingerprint density at radius 3 is 2.72 bits per heavy atom. The Hall–Kier alpha value is -2.11. The van der Waals surface area contributed by atoms with Gasteiger partial charge in [-0.15, -0.1) is 0 Å². The van der Waals surface area contributed by atoms with Crippen LogP contribution in [-0.4, -0.2) is 24.6 Å². The van der Waals surface area contributed by atoms with Crippen LogP contribution in [0.3, 0.4) is 0 Å². The summed E-state index contributed by atoms with van der Waals surface area (Å²) in [6.45, 7) is 2.41. The normalized spacial score (nSPS) is 9.89. The fraction of sp³-hybridized carbons (Fsp3) is 0.417. The van der Waals surface area contributed by atoms with E-state index in [0.717, 1.165) is 18.9 Å². The van der Waals surface area contributed by atoms with Crippen LogP contribution in [0.5, 0.6) is 5.75 Å². The molecule has 0 heterocycles. The van der Waals surface area contributed by atoms with Crippen molar-refractivity contribution >= 4 is 11.7 Å². The van der Waals surface area contributed by atoms with Gasteiger partial charge in [0.2, 0.25) is 0 Å². The number of methoxy groups -OCH3 is 1. The second kappa shape index (κ2) is 6.58. The second-order valence-electron chi connectivity index (χ2n) is 3.63. The first-order chi connectivity index (χ1) is 8.60. The molecule has 0 atom stereocenters. The quantitative estimate of drug-likeness (QED) is 0.337. The van der Waals surface area contributed by atoms with Crippen molar-refractivity contribution in [1.29, 1.82) is 0 Å². The van der Waals surface area contributed by atoms with Crippen LogP contribution in [-0.2, 0) is 4.74 Å². The van der Waals surface area contributed by atoms with E-state index in [2.05, 4.69) is 4.74 Å². The molecule has 0 aliphatic rings. The molecule has 0 saturated heterocycles. The minimum atomic E-state index is -0.613. The van der Waals surface area contributed by atoms with E-state index in [9.17, 15) is 14.9 Å². The molecule has 0 aromatic heterocycles. The molecule has 0 aliphatic heterocycles. The Balaban J connectivity index is 2.97. The molecule has 6 nitrogen and oxygen atoms in total. The summed E-state index contributed by atoms with van der Waals surface area (Å²) in [4.78, 5) is 21.6. The molecular formula is C12H15NO5. The van der Waals surface area contributed by atoms with Gasteiger partial charge in [0, 0.05) is 6.07 Å². The fourth-order valence-corrected chi connectivity index (χ4v) is 1.35. The fourth-order valence-electron chi connectivity index (χ4n) is 1.35. The maximum atomic E-state index is 11.3. The Kier molecular flexibility index (Phi) is 5.10. The Labute approximate surface area is 105 Å². The maximum absolute atomic E-state index is 11.3. The summed E-state index contributed by atoms with van der Waals surface area (Å²) < 4.78 is 9.82. The average molecular weight is 253 g/mol. The van der Waals surface area contributed by atoms with Crippen molar-refractivity contribution in [2.24, 2.45) is 0 Å². The zero-order valence-corrected chi connectivity index (χ0v) is 10.3. The summed E-state index contributed by atoms with van der Waals surface area (Å²) in [6, 6.07) is 4.02. The first-order valence-corrected chi connectivity index (χ1v) is 5.59. The lowest BCUT2D eigenvalue weighted by Gasteiger charge is -2.07. The highest BCUT2D eigenvalue weighted by Crippen LogP contribution is 2.28. The molecule has 1 rings (SSSR count). The third-order valence-corrected chi connectivity index (χ3v) is 2.33. The first-order valence-electron chi connectivity index (χ1n) is 5.59. The third kappa shape index (κ3) is 3.44. The smallest absolute Gasteiger partial charge is 0.338 e. The van der Waals surface area contributed by atoms with E-state index >= 15 is 0 Å². The Morgan fingerprint density at radius 2 is 2.17 bits per heavy atom. The number of nitro groups is 1. The van der Waals surface area contributed by atoms with E-state index in [4.69, 9.17) is 4.74 Å². The summed E-state index contributed by atoms with van der Waals surface area (Å²) in [5.74, 6) is -0.445. The number of ether oxygens (including phenoxy) is 2.